The van der Waals surface area contributed by atoms with Gasteiger partial charge in [0.1, 0.15) is 0 Å². The monoisotopic (exact) mass is 669 g/mol. The molecule has 1 aromatic rings. The van der Waals surface area contributed by atoms with Crippen molar-refractivity contribution < 1.29 is 14.2 Å². The lowest BCUT2D eigenvalue weighted by Gasteiger charge is -2.65. The van der Waals surface area contributed by atoms with Crippen molar-refractivity contribution in [3.8, 4) is 0 Å². The molecule has 0 saturated heterocycles. The predicted octanol–water partition coefficient (Wildman–Crippen LogP) is 6.62. The first kappa shape index (κ1) is 38.2. The molecule has 48 heavy (non-hydrogen) atoms. The van der Waals surface area contributed by atoms with Crippen LogP contribution in [-0.2, 0) is 20.8 Å². The lowest BCUT2D eigenvalue weighted by Crippen LogP contribution is -2.63. The van der Waals surface area contributed by atoms with E-state index >= 15 is 0 Å². The van der Waals surface area contributed by atoms with E-state index in [0.717, 1.165) is 71.4 Å². The fourth-order valence-electron chi connectivity index (χ4n) is 11.5. The lowest BCUT2D eigenvalue weighted by atomic mass is 9.43. The van der Waals surface area contributed by atoms with Gasteiger partial charge in [-0.05, 0) is 157 Å². The predicted molar refractivity (Wildman–Crippen MR) is 197 cm³/mol. The van der Waals surface area contributed by atoms with Crippen molar-refractivity contribution in [3.05, 3.63) is 35.9 Å². The molecule has 274 valence electrons. The molecule has 7 nitrogen and oxygen atoms in total. The minimum Gasteiger partial charge on any atom is -0.378 e. The maximum absolute atomic E-state index is 7.04. The maximum Gasteiger partial charge on any atom is 0.0637 e. The second kappa shape index (κ2) is 17.9. The zero-order valence-corrected chi connectivity index (χ0v) is 31.1. The molecule has 4 saturated carbocycles. The normalized spacial score (nSPS) is 36.8. The highest BCUT2D eigenvalue weighted by atomic mass is 16.5. The number of hydrogen-bond donors (Lipinski definition) is 3. The molecule has 0 aromatic heterocycles. The molecule has 1 aromatic carbocycles. The molecule has 0 bridgehead atoms. The highest BCUT2D eigenvalue weighted by molar-refractivity contribution is 5.16. The van der Waals surface area contributed by atoms with Crippen LogP contribution in [0.1, 0.15) is 103 Å². The fourth-order valence-corrected chi connectivity index (χ4v) is 11.5. The van der Waals surface area contributed by atoms with Crippen LogP contribution in [0.25, 0.3) is 0 Å². The van der Waals surface area contributed by atoms with Gasteiger partial charge < -0.3 is 36.3 Å². The van der Waals surface area contributed by atoms with E-state index in [9.17, 15) is 0 Å². The van der Waals surface area contributed by atoms with Crippen molar-refractivity contribution in [2.24, 2.45) is 63.5 Å². The van der Waals surface area contributed by atoms with E-state index in [1.54, 1.807) is 0 Å². The second-order valence-corrected chi connectivity index (χ2v) is 16.8. The molecule has 0 radical (unpaired) electrons. The summed E-state index contributed by atoms with van der Waals surface area (Å²) in [7, 11) is 2.27. The number of nitrogens with two attached hydrogens (primary N) is 3. The van der Waals surface area contributed by atoms with Crippen molar-refractivity contribution in [2.75, 3.05) is 53.0 Å². The first-order chi connectivity index (χ1) is 23.3. The number of ether oxygens (including phenoxy) is 3. The minimum absolute atomic E-state index is 0.159. The third-order valence-electron chi connectivity index (χ3n) is 14.0. The molecule has 4 fully saturated rings. The summed E-state index contributed by atoms with van der Waals surface area (Å²) in [6.45, 7) is 14.4. The van der Waals surface area contributed by atoms with E-state index in [4.69, 9.17) is 31.4 Å². The number of hydrogen-bond acceptors (Lipinski definition) is 7. The molecule has 0 spiro atoms. The van der Waals surface area contributed by atoms with Gasteiger partial charge in [-0.15, -0.1) is 0 Å². The highest BCUT2D eigenvalue weighted by Crippen LogP contribution is 2.69. The molecule has 4 aliphatic carbocycles. The Balaban J connectivity index is 1.34. The Kier molecular flexibility index (Phi) is 14.3. The number of nitrogens with zero attached hydrogens (tertiary/aromatic N) is 1. The minimum atomic E-state index is 0.159. The number of fused-ring (bicyclic) bond motifs is 5. The van der Waals surface area contributed by atoms with Gasteiger partial charge in [0.15, 0.2) is 0 Å². The van der Waals surface area contributed by atoms with E-state index in [-0.39, 0.29) is 11.5 Å². The molecule has 11 atom stereocenters. The van der Waals surface area contributed by atoms with Crippen LogP contribution in [0.15, 0.2) is 30.3 Å². The van der Waals surface area contributed by atoms with Crippen LogP contribution in [0.5, 0.6) is 0 Å². The van der Waals surface area contributed by atoms with E-state index < -0.39 is 0 Å². The zero-order chi connectivity index (χ0) is 34.1. The summed E-state index contributed by atoms with van der Waals surface area (Å²) in [6.07, 6.45) is 14.8. The van der Waals surface area contributed by atoms with Crippen LogP contribution in [0.4, 0.5) is 0 Å². The van der Waals surface area contributed by atoms with Gasteiger partial charge >= 0.3 is 0 Å². The van der Waals surface area contributed by atoms with Crippen LogP contribution in [0.2, 0.25) is 0 Å². The van der Waals surface area contributed by atoms with E-state index in [1.807, 2.05) is 0 Å². The average Bonchev–Trinajstić information content (AvgIpc) is 3.44. The topological polar surface area (TPSA) is 109 Å². The molecular formula is C41H72N4O3. The van der Waals surface area contributed by atoms with Crippen molar-refractivity contribution in [2.45, 2.75) is 123 Å². The number of benzene rings is 1. The summed E-state index contributed by atoms with van der Waals surface area (Å²) in [4.78, 5) is 2.49. The Bertz CT molecular complexity index is 1080. The Morgan fingerprint density at radius 1 is 0.812 bits per heavy atom. The first-order valence-electron chi connectivity index (χ1n) is 19.9. The Labute approximate surface area is 293 Å². The van der Waals surface area contributed by atoms with Gasteiger partial charge in [-0.3, -0.25) is 0 Å². The van der Waals surface area contributed by atoms with Gasteiger partial charge in [0.05, 0.1) is 18.3 Å². The van der Waals surface area contributed by atoms with Gasteiger partial charge in [-0.2, -0.15) is 0 Å². The van der Waals surface area contributed by atoms with Crippen molar-refractivity contribution in [3.63, 3.8) is 0 Å². The average molecular weight is 669 g/mol. The van der Waals surface area contributed by atoms with Crippen molar-refractivity contribution in [1.29, 1.82) is 0 Å². The standard InChI is InChI=1S/C41H72N4O3/c1-30(12-8-22-45(4)29-31-13-6-5-7-14-31)34-15-16-35-39-36(28-38(41(34,35)3)48-25-11-21-44)40(2)18-17-33(46-23-9-19-42)26-32(40)27-37(39)47-24-10-20-43/h5-7,13-14,30,32-39H,8-12,15-29,42-44H2,1-4H3/t30?,32?,33-,34-,35+,36+,37?,38+,39?,40+,41-/m1/s1. The Hall–Kier alpha value is -1.06. The van der Waals surface area contributed by atoms with Crippen molar-refractivity contribution in [1.82, 2.24) is 4.90 Å². The zero-order valence-electron chi connectivity index (χ0n) is 31.1. The lowest BCUT2D eigenvalue weighted by molar-refractivity contribution is -0.227. The summed E-state index contributed by atoms with van der Waals surface area (Å²) in [5.41, 5.74) is 19.6. The molecular weight excluding hydrogens is 596 g/mol. The van der Waals surface area contributed by atoms with Gasteiger partial charge in [-0.25, -0.2) is 0 Å². The highest BCUT2D eigenvalue weighted by Gasteiger charge is 2.66. The first-order valence-corrected chi connectivity index (χ1v) is 19.9. The van der Waals surface area contributed by atoms with Crippen LogP contribution in [-0.4, -0.2) is 76.3 Å². The molecule has 6 N–H and O–H groups in total. The van der Waals surface area contributed by atoms with Crippen molar-refractivity contribution >= 4 is 0 Å². The SMILES string of the molecule is CC(CCCN(C)Cc1ccccc1)[C@H]1CC[C@H]2C3C(OCCCN)CC4C[C@H](OCCCN)CC[C@]4(C)[C@H]3C[C@H](OCCCN)[C@]12C. The fraction of sp³-hybridized carbons (Fsp3) is 0.854. The smallest absolute Gasteiger partial charge is 0.0637 e. The molecule has 7 heteroatoms. The van der Waals surface area contributed by atoms with Gasteiger partial charge in [-0.1, -0.05) is 51.1 Å². The summed E-state index contributed by atoms with van der Waals surface area (Å²) in [5.74, 6) is 3.81. The molecule has 0 aliphatic heterocycles. The molecule has 0 amide bonds. The van der Waals surface area contributed by atoms with Crippen LogP contribution in [0, 0.1) is 46.3 Å². The third-order valence-corrected chi connectivity index (χ3v) is 14.0. The Morgan fingerprint density at radius 2 is 1.50 bits per heavy atom. The summed E-state index contributed by atoms with van der Waals surface area (Å²) >= 11 is 0. The van der Waals surface area contributed by atoms with Gasteiger partial charge in [0.25, 0.3) is 0 Å². The third kappa shape index (κ3) is 8.52. The molecule has 0 heterocycles. The van der Waals surface area contributed by atoms with Crippen LogP contribution in [0.3, 0.4) is 0 Å². The summed E-state index contributed by atoms with van der Waals surface area (Å²) < 4.78 is 20.4. The maximum atomic E-state index is 7.04. The number of rotatable bonds is 19. The molecule has 4 aliphatic rings. The van der Waals surface area contributed by atoms with Crippen LogP contribution >= 0.6 is 0 Å². The van der Waals surface area contributed by atoms with E-state index in [2.05, 4.69) is 63.1 Å². The van der Waals surface area contributed by atoms with Crippen LogP contribution < -0.4 is 17.2 Å². The Morgan fingerprint density at radius 3 is 2.21 bits per heavy atom. The van der Waals surface area contributed by atoms with Gasteiger partial charge in [0, 0.05) is 31.8 Å². The van der Waals surface area contributed by atoms with E-state index in [0.29, 0.717) is 72.8 Å². The van der Waals surface area contributed by atoms with E-state index in [1.165, 1.54) is 44.1 Å². The quantitative estimate of drug-likeness (QED) is 0.142. The summed E-state index contributed by atoms with van der Waals surface area (Å²) in [5, 5.41) is 0. The molecule has 4 unspecified atom stereocenters. The van der Waals surface area contributed by atoms with Gasteiger partial charge in [0.2, 0.25) is 0 Å². The largest absolute Gasteiger partial charge is 0.378 e. The summed E-state index contributed by atoms with van der Waals surface area (Å²) in [6, 6.07) is 10.9. The second-order valence-electron chi connectivity index (χ2n) is 16.8. The molecule has 5 rings (SSSR count).